The second kappa shape index (κ2) is 9.01. The van der Waals surface area contributed by atoms with Crippen LogP contribution in [0.2, 0.25) is 0 Å². The van der Waals surface area contributed by atoms with Gasteiger partial charge in [0.25, 0.3) is 5.91 Å². The lowest BCUT2D eigenvalue weighted by Crippen LogP contribution is -2.37. The van der Waals surface area contributed by atoms with Crippen molar-refractivity contribution in [3.05, 3.63) is 58.7 Å². The van der Waals surface area contributed by atoms with Crippen molar-refractivity contribution in [2.45, 2.75) is 32.6 Å². The third-order valence-electron chi connectivity index (χ3n) is 4.13. The van der Waals surface area contributed by atoms with Crippen LogP contribution in [0.15, 0.2) is 41.3 Å². The molecule has 0 radical (unpaired) electrons. The van der Waals surface area contributed by atoms with Gasteiger partial charge in [-0.05, 0) is 56.0 Å². The summed E-state index contributed by atoms with van der Waals surface area (Å²) in [5.74, 6) is 0.395. The zero-order valence-corrected chi connectivity index (χ0v) is 16.9. The molecule has 0 heterocycles. The number of aryl methyl sites for hydroxylation is 4. The maximum Gasteiger partial charge on any atom is 0.257 e. The second-order valence-electron chi connectivity index (χ2n) is 6.53. The molecule has 0 spiro atoms. The van der Waals surface area contributed by atoms with Crippen LogP contribution in [0.4, 0.5) is 0 Å². The maximum absolute atomic E-state index is 12.4. The number of carbonyl (C=O) groups is 1. The van der Waals surface area contributed by atoms with Crippen molar-refractivity contribution in [3.63, 3.8) is 0 Å². The zero-order valence-electron chi connectivity index (χ0n) is 16.1. The van der Waals surface area contributed by atoms with E-state index in [0.717, 1.165) is 16.7 Å². The molecule has 0 fully saturated rings. The molecule has 2 rings (SSSR count). The summed E-state index contributed by atoms with van der Waals surface area (Å²) in [5.41, 5.74) is 3.48. The highest BCUT2D eigenvalue weighted by molar-refractivity contribution is 7.89. The van der Waals surface area contributed by atoms with Crippen LogP contribution in [-0.2, 0) is 14.8 Å². The molecular formula is C20H26N2O4S. The number of ether oxygens (including phenoxy) is 1. The van der Waals surface area contributed by atoms with Gasteiger partial charge in [0.2, 0.25) is 10.0 Å². The predicted octanol–water partition coefficient (Wildman–Crippen LogP) is 2.39. The highest BCUT2D eigenvalue weighted by Gasteiger charge is 2.16. The first-order chi connectivity index (χ1) is 12.7. The van der Waals surface area contributed by atoms with Gasteiger partial charge in [0.1, 0.15) is 5.75 Å². The fourth-order valence-corrected chi connectivity index (χ4v) is 4.04. The van der Waals surface area contributed by atoms with Crippen molar-refractivity contribution in [2.75, 3.05) is 19.7 Å². The Labute approximate surface area is 161 Å². The average Bonchev–Trinajstić information content (AvgIpc) is 2.60. The summed E-state index contributed by atoms with van der Waals surface area (Å²) in [4.78, 5) is 12.2. The molecule has 2 aromatic carbocycles. The van der Waals surface area contributed by atoms with E-state index in [4.69, 9.17) is 4.74 Å². The van der Waals surface area contributed by atoms with Gasteiger partial charge in [0, 0.05) is 13.1 Å². The molecule has 27 heavy (non-hydrogen) atoms. The number of benzene rings is 2. The lowest BCUT2D eigenvalue weighted by molar-refractivity contribution is -0.123. The van der Waals surface area contributed by atoms with Crippen molar-refractivity contribution in [3.8, 4) is 5.75 Å². The van der Waals surface area contributed by atoms with Crippen molar-refractivity contribution in [1.29, 1.82) is 0 Å². The third-order valence-corrected chi connectivity index (χ3v) is 5.73. The van der Waals surface area contributed by atoms with E-state index in [1.807, 2.05) is 45.0 Å². The molecule has 2 aromatic rings. The average molecular weight is 391 g/mol. The molecule has 0 saturated carbocycles. The highest BCUT2D eigenvalue weighted by Crippen LogP contribution is 2.22. The number of hydrogen-bond acceptors (Lipinski definition) is 4. The number of rotatable bonds is 8. The molecule has 0 saturated heterocycles. The Kier molecular flexibility index (Phi) is 6.98. The van der Waals surface area contributed by atoms with Gasteiger partial charge in [-0.1, -0.05) is 30.3 Å². The number of hydrogen-bond donors (Lipinski definition) is 2. The van der Waals surface area contributed by atoms with E-state index in [1.54, 1.807) is 19.1 Å². The molecule has 6 nitrogen and oxygen atoms in total. The first kappa shape index (κ1) is 20.9. The third kappa shape index (κ3) is 5.80. The van der Waals surface area contributed by atoms with Crippen LogP contribution in [0.3, 0.4) is 0 Å². The van der Waals surface area contributed by atoms with Crippen LogP contribution >= 0.6 is 0 Å². The van der Waals surface area contributed by atoms with Crippen LogP contribution < -0.4 is 14.8 Å². The largest absolute Gasteiger partial charge is 0.483 e. The molecule has 1 amide bonds. The zero-order chi connectivity index (χ0) is 20.0. The Morgan fingerprint density at radius 3 is 2.30 bits per heavy atom. The Bertz CT molecular complexity index is 903. The van der Waals surface area contributed by atoms with E-state index < -0.39 is 10.0 Å². The van der Waals surface area contributed by atoms with E-state index >= 15 is 0 Å². The quantitative estimate of drug-likeness (QED) is 0.678. The molecule has 0 atom stereocenters. The first-order valence-corrected chi connectivity index (χ1v) is 10.2. The molecule has 2 N–H and O–H groups in total. The van der Waals surface area contributed by atoms with Gasteiger partial charge in [-0.2, -0.15) is 0 Å². The Morgan fingerprint density at radius 1 is 0.963 bits per heavy atom. The number of para-hydroxylation sites is 1. The van der Waals surface area contributed by atoms with Gasteiger partial charge in [0.05, 0.1) is 4.90 Å². The first-order valence-electron chi connectivity index (χ1n) is 8.73. The smallest absolute Gasteiger partial charge is 0.257 e. The minimum Gasteiger partial charge on any atom is -0.483 e. The fourth-order valence-electron chi connectivity index (χ4n) is 2.68. The Morgan fingerprint density at radius 2 is 1.63 bits per heavy atom. The summed E-state index contributed by atoms with van der Waals surface area (Å²) >= 11 is 0. The lowest BCUT2D eigenvalue weighted by atomic mass is 10.1. The van der Waals surface area contributed by atoms with Crippen molar-refractivity contribution < 1.29 is 17.9 Å². The van der Waals surface area contributed by atoms with Crippen LogP contribution in [0.1, 0.15) is 22.3 Å². The summed E-state index contributed by atoms with van der Waals surface area (Å²) in [6.07, 6.45) is 0. The van der Waals surface area contributed by atoms with Crippen molar-refractivity contribution in [1.82, 2.24) is 10.0 Å². The van der Waals surface area contributed by atoms with Crippen LogP contribution in [0.5, 0.6) is 5.75 Å². The van der Waals surface area contributed by atoms with E-state index in [0.29, 0.717) is 11.3 Å². The second-order valence-corrected chi connectivity index (χ2v) is 8.26. The molecular weight excluding hydrogens is 364 g/mol. The topological polar surface area (TPSA) is 84.5 Å². The monoisotopic (exact) mass is 390 g/mol. The van der Waals surface area contributed by atoms with Gasteiger partial charge in [-0.3, -0.25) is 4.79 Å². The number of nitrogens with one attached hydrogen (secondary N) is 2. The predicted molar refractivity (Wildman–Crippen MR) is 106 cm³/mol. The van der Waals surface area contributed by atoms with Crippen LogP contribution in [0.25, 0.3) is 0 Å². The lowest BCUT2D eigenvalue weighted by Gasteiger charge is -2.13. The number of sulfonamides is 1. The van der Waals surface area contributed by atoms with Gasteiger partial charge < -0.3 is 10.1 Å². The van der Waals surface area contributed by atoms with Gasteiger partial charge in [-0.25, -0.2) is 13.1 Å². The van der Waals surface area contributed by atoms with Gasteiger partial charge in [0.15, 0.2) is 6.61 Å². The van der Waals surface area contributed by atoms with E-state index in [9.17, 15) is 13.2 Å². The van der Waals surface area contributed by atoms with Crippen molar-refractivity contribution >= 4 is 15.9 Å². The molecule has 0 aliphatic carbocycles. The molecule has 0 aromatic heterocycles. The van der Waals surface area contributed by atoms with E-state index in [2.05, 4.69) is 10.0 Å². The normalized spacial score (nSPS) is 11.3. The number of carbonyl (C=O) groups excluding carboxylic acids is 1. The summed E-state index contributed by atoms with van der Waals surface area (Å²) in [5, 5.41) is 2.65. The molecule has 146 valence electrons. The molecule has 0 aliphatic rings. The molecule has 0 bridgehead atoms. The molecule has 7 heteroatoms. The van der Waals surface area contributed by atoms with Crippen LogP contribution in [-0.4, -0.2) is 34.0 Å². The summed E-state index contributed by atoms with van der Waals surface area (Å²) in [6.45, 7) is 7.60. The van der Waals surface area contributed by atoms with E-state index in [1.165, 1.54) is 0 Å². The highest BCUT2D eigenvalue weighted by atomic mass is 32.2. The summed E-state index contributed by atoms with van der Waals surface area (Å²) < 4.78 is 32.9. The van der Waals surface area contributed by atoms with Crippen LogP contribution in [0, 0.1) is 27.7 Å². The maximum atomic E-state index is 12.4. The molecule has 0 aliphatic heterocycles. The van der Waals surface area contributed by atoms with Gasteiger partial charge in [-0.15, -0.1) is 0 Å². The summed E-state index contributed by atoms with van der Waals surface area (Å²) in [6, 6.07) is 11.0. The number of amides is 1. The minimum atomic E-state index is -3.61. The fraction of sp³-hybridized carbons (Fsp3) is 0.350. The Balaban J connectivity index is 1.81. The molecule has 0 unspecified atom stereocenters. The van der Waals surface area contributed by atoms with Crippen molar-refractivity contribution in [2.24, 2.45) is 0 Å². The summed E-state index contributed by atoms with van der Waals surface area (Å²) in [7, 11) is -3.61. The minimum absolute atomic E-state index is 0.102. The van der Waals surface area contributed by atoms with E-state index in [-0.39, 0.29) is 30.5 Å². The standard InChI is InChI=1S/C20H26N2O4S/c1-14-8-9-15(2)18(12-14)27(24,25)22-11-10-21-19(23)13-26-20-16(3)6-5-7-17(20)4/h5-9,12,22H,10-11,13H2,1-4H3,(H,21,23). The Hall–Kier alpha value is -2.38. The van der Waals surface area contributed by atoms with Gasteiger partial charge >= 0.3 is 0 Å². The SMILES string of the molecule is Cc1ccc(C)c(S(=O)(=O)NCCNC(=O)COc2c(C)cccc2C)c1.